The first-order valence-electron chi connectivity index (χ1n) is 5.94. The third-order valence-corrected chi connectivity index (χ3v) is 2.44. The van der Waals surface area contributed by atoms with Gasteiger partial charge in [0.1, 0.15) is 5.82 Å². The Bertz CT molecular complexity index is 485. The summed E-state index contributed by atoms with van der Waals surface area (Å²) in [5.74, 6) is -0.345. The molecule has 0 aromatic carbocycles. The fourth-order valence-corrected chi connectivity index (χ4v) is 1.52. The molecule has 10 heteroatoms. The second-order valence-electron chi connectivity index (χ2n) is 3.92. The maximum atomic E-state index is 12.5. The third kappa shape index (κ3) is 6.58. The van der Waals surface area contributed by atoms with Crippen molar-refractivity contribution in [3.8, 4) is 0 Å². The van der Waals surface area contributed by atoms with Crippen molar-refractivity contribution < 1.29 is 22.7 Å². The van der Waals surface area contributed by atoms with Gasteiger partial charge in [0.15, 0.2) is 5.69 Å². The smallest absolute Gasteiger partial charge is 0.383 e. The molecular formula is C11H14ClF3N4O2. The second-order valence-corrected chi connectivity index (χ2v) is 4.26. The molecule has 0 radical (unpaired) electrons. The van der Waals surface area contributed by atoms with Crippen LogP contribution in [0.5, 0.6) is 0 Å². The Labute approximate surface area is 124 Å². The number of hydrogen-bond donors (Lipinski definition) is 2. The molecule has 0 atom stereocenters. The van der Waals surface area contributed by atoms with Crippen LogP contribution in [0.15, 0.2) is 6.07 Å². The van der Waals surface area contributed by atoms with Crippen LogP contribution in [0.25, 0.3) is 0 Å². The van der Waals surface area contributed by atoms with Gasteiger partial charge in [0, 0.05) is 32.7 Å². The molecule has 0 aliphatic rings. The van der Waals surface area contributed by atoms with Gasteiger partial charge in [0.2, 0.25) is 11.2 Å². The normalized spacial score (nSPS) is 11.3. The number of nitrogens with zero attached hydrogens (tertiary/aromatic N) is 2. The van der Waals surface area contributed by atoms with E-state index < -0.39 is 17.2 Å². The van der Waals surface area contributed by atoms with Crippen LogP contribution in [0.4, 0.5) is 19.0 Å². The van der Waals surface area contributed by atoms with Crippen molar-refractivity contribution in [2.45, 2.75) is 12.6 Å². The molecule has 2 N–H and O–H groups in total. The quantitative estimate of drug-likeness (QED) is 0.589. The maximum Gasteiger partial charge on any atom is 0.433 e. The van der Waals surface area contributed by atoms with E-state index in [0.717, 1.165) is 6.07 Å². The van der Waals surface area contributed by atoms with Gasteiger partial charge in [0.05, 0.1) is 6.61 Å². The average Bonchev–Trinajstić information content (AvgIpc) is 2.37. The molecule has 1 rings (SSSR count). The molecule has 0 spiro atoms. The SMILES string of the molecule is COCCNC(=O)CCNc1cc(C(F)(F)F)nc(Cl)n1. The molecule has 0 fully saturated rings. The first-order valence-corrected chi connectivity index (χ1v) is 6.32. The van der Waals surface area contributed by atoms with E-state index in [0.29, 0.717) is 13.2 Å². The predicted octanol–water partition coefficient (Wildman–Crippen LogP) is 1.71. The minimum absolute atomic E-state index is 0.0761. The minimum Gasteiger partial charge on any atom is -0.383 e. The number of carbonyl (C=O) groups is 1. The summed E-state index contributed by atoms with van der Waals surface area (Å²) in [6.45, 7) is 0.867. The number of amides is 1. The summed E-state index contributed by atoms with van der Waals surface area (Å²) in [5.41, 5.74) is -1.14. The first kappa shape index (κ1) is 17.4. The van der Waals surface area contributed by atoms with Crippen molar-refractivity contribution in [1.29, 1.82) is 0 Å². The Morgan fingerprint density at radius 3 is 2.71 bits per heavy atom. The molecule has 1 aromatic heterocycles. The number of nitrogens with one attached hydrogen (secondary N) is 2. The van der Waals surface area contributed by atoms with Gasteiger partial charge in [0.25, 0.3) is 0 Å². The Balaban J connectivity index is 2.49. The van der Waals surface area contributed by atoms with Gasteiger partial charge in [-0.15, -0.1) is 0 Å². The number of alkyl halides is 3. The Morgan fingerprint density at radius 2 is 2.10 bits per heavy atom. The van der Waals surface area contributed by atoms with E-state index in [1.165, 1.54) is 7.11 Å². The molecule has 1 amide bonds. The van der Waals surface area contributed by atoms with Gasteiger partial charge in [-0.25, -0.2) is 9.97 Å². The lowest BCUT2D eigenvalue weighted by Gasteiger charge is -2.10. The zero-order valence-electron chi connectivity index (χ0n) is 11.1. The van der Waals surface area contributed by atoms with Crippen LogP contribution in [0, 0.1) is 0 Å². The van der Waals surface area contributed by atoms with Gasteiger partial charge >= 0.3 is 6.18 Å². The number of rotatable bonds is 7. The number of carbonyl (C=O) groups excluding carboxylic acids is 1. The number of ether oxygens (including phenoxy) is 1. The van der Waals surface area contributed by atoms with Crippen LogP contribution in [-0.4, -0.2) is 42.7 Å². The van der Waals surface area contributed by atoms with Crippen LogP contribution in [0.2, 0.25) is 5.28 Å². The minimum atomic E-state index is -4.61. The van der Waals surface area contributed by atoms with Gasteiger partial charge in [-0.05, 0) is 11.6 Å². The van der Waals surface area contributed by atoms with E-state index in [1.807, 2.05) is 0 Å². The molecular weight excluding hydrogens is 313 g/mol. The van der Waals surface area contributed by atoms with E-state index in [1.54, 1.807) is 0 Å². The van der Waals surface area contributed by atoms with Crippen molar-refractivity contribution in [3.63, 3.8) is 0 Å². The Hall–Kier alpha value is -1.61. The number of halogens is 4. The van der Waals surface area contributed by atoms with Crippen LogP contribution in [0.1, 0.15) is 12.1 Å². The van der Waals surface area contributed by atoms with Crippen molar-refractivity contribution in [2.75, 3.05) is 32.1 Å². The van der Waals surface area contributed by atoms with E-state index in [2.05, 4.69) is 20.6 Å². The van der Waals surface area contributed by atoms with Crippen molar-refractivity contribution >= 4 is 23.3 Å². The predicted molar refractivity (Wildman–Crippen MR) is 70.0 cm³/mol. The Kier molecular flexibility index (Phi) is 6.63. The molecule has 0 saturated carbocycles. The van der Waals surface area contributed by atoms with Gasteiger partial charge in [-0.1, -0.05) is 0 Å². The highest BCUT2D eigenvalue weighted by molar-refractivity contribution is 6.28. The first-order chi connectivity index (χ1) is 9.82. The molecule has 1 heterocycles. The molecule has 0 aliphatic heterocycles. The lowest BCUT2D eigenvalue weighted by Crippen LogP contribution is -2.28. The lowest BCUT2D eigenvalue weighted by atomic mass is 10.3. The molecule has 1 aromatic rings. The zero-order valence-corrected chi connectivity index (χ0v) is 11.9. The van der Waals surface area contributed by atoms with E-state index >= 15 is 0 Å². The summed E-state index contributed by atoms with van der Waals surface area (Å²) < 4.78 is 42.3. The highest BCUT2D eigenvalue weighted by Gasteiger charge is 2.33. The van der Waals surface area contributed by atoms with Crippen molar-refractivity contribution in [3.05, 3.63) is 17.0 Å². The number of anilines is 1. The lowest BCUT2D eigenvalue weighted by molar-refractivity contribution is -0.141. The summed E-state index contributed by atoms with van der Waals surface area (Å²) in [5, 5.41) is 4.65. The molecule has 0 aliphatic carbocycles. The third-order valence-electron chi connectivity index (χ3n) is 2.28. The molecule has 0 bridgehead atoms. The maximum absolute atomic E-state index is 12.5. The standard InChI is InChI=1S/C11H14ClF3N4O2/c1-21-5-4-17-9(20)2-3-16-8-6-7(11(13,14)15)18-10(12)19-8/h6H,2-5H2,1H3,(H,17,20)(H,16,18,19). The molecule has 21 heavy (non-hydrogen) atoms. The zero-order chi connectivity index (χ0) is 15.9. The van der Waals surface area contributed by atoms with Crippen LogP contribution >= 0.6 is 11.6 Å². The fraction of sp³-hybridized carbons (Fsp3) is 0.545. The second kappa shape index (κ2) is 7.99. The van der Waals surface area contributed by atoms with Gasteiger partial charge in [-0.3, -0.25) is 4.79 Å². The van der Waals surface area contributed by atoms with E-state index in [4.69, 9.17) is 16.3 Å². The average molecular weight is 327 g/mol. The summed E-state index contributed by atoms with van der Waals surface area (Å²) in [6.07, 6.45) is -4.53. The monoisotopic (exact) mass is 326 g/mol. The summed E-state index contributed by atoms with van der Waals surface area (Å²) in [4.78, 5) is 18.1. The fourth-order valence-electron chi connectivity index (χ4n) is 1.34. The van der Waals surface area contributed by atoms with Crippen LogP contribution in [-0.2, 0) is 15.7 Å². The molecule has 6 nitrogen and oxygen atoms in total. The number of hydrogen-bond acceptors (Lipinski definition) is 5. The summed E-state index contributed by atoms with van der Waals surface area (Å²) in [6, 6.07) is 0.731. The summed E-state index contributed by atoms with van der Waals surface area (Å²) in [7, 11) is 1.50. The van der Waals surface area contributed by atoms with Crippen molar-refractivity contribution in [2.24, 2.45) is 0 Å². The Morgan fingerprint density at radius 1 is 1.38 bits per heavy atom. The van der Waals surface area contributed by atoms with Gasteiger partial charge < -0.3 is 15.4 Å². The largest absolute Gasteiger partial charge is 0.433 e. The topological polar surface area (TPSA) is 76.1 Å². The van der Waals surface area contributed by atoms with E-state index in [9.17, 15) is 18.0 Å². The highest BCUT2D eigenvalue weighted by Crippen LogP contribution is 2.29. The highest BCUT2D eigenvalue weighted by atomic mass is 35.5. The van der Waals surface area contributed by atoms with Crippen LogP contribution in [0.3, 0.4) is 0 Å². The molecule has 0 saturated heterocycles. The van der Waals surface area contributed by atoms with Gasteiger partial charge in [-0.2, -0.15) is 13.2 Å². The number of methoxy groups -OCH3 is 1. The molecule has 0 unspecified atom stereocenters. The summed E-state index contributed by atoms with van der Waals surface area (Å²) >= 11 is 5.43. The molecule has 118 valence electrons. The van der Waals surface area contributed by atoms with E-state index in [-0.39, 0.29) is 24.7 Å². The number of aromatic nitrogens is 2. The van der Waals surface area contributed by atoms with Crippen molar-refractivity contribution in [1.82, 2.24) is 15.3 Å². The van der Waals surface area contributed by atoms with Crippen LogP contribution < -0.4 is 10.6 Å².